The van der Waals surface area contributed by atoms with E-state index < -0.39 is 0 Å². The molecule has 0 saturated carbocycles. The normalized spacial score (nSPS) is 12.6. The lowest BCUT2D eigenvalue weighted by atomic mass is 9.93. The van der Waals surface area contributed by atoms with Gasteiger partial charge in [0.15, 0.2) is 0 Å². The molecule has 0 aromatic heterocycles. The number of benzene rings is 1. The third kappa shape index (κ3) is 2.84. The SMILES string of the molecule is CC(N)=Nc1c(C(C)C)cccc1C(C)C. The van der Waals surface area contributed by atoms with E-state index in [4.69, 9.17) is 5.73 Å². The fraction of sp³-hybridized carbons (Fsp3) is 0.500. The molecule has 16 heavy (non-hydrogen) atoms. The first-order valence-electron chi connectivity index (χ1n) is 5.87. The monoisotopic (exact) mass is 218 g/mol. The van der Waals surface area contributed by atoms with Crippen molar-refractivity contribution in [2.45, 2.75) is 46.5 Å². The molecule has 0 aliphatic rings. The lowest BCUT2D eigenvalue weighted by Crippen LogP contribution is -2.06. The molecule has 0 fully saturated rings. The summed E-state index contributed by atoms with van der Waals surface area (Å²) in [6.07, 6.45) is 0. The molecule has 2 N–H and O–H groups in total. The Morgan fingerprint density at radius 2 is 1.50 bits per heavy atom. The van der Waals surface area contributed by atoms with Gasteiger partial charge >= 0.3 is 0 Å². The molecule has 0 heterocycles. The summed E-state index contributed by atoms with van der Waals surface area (Å²) in [5.74, 6) is 1.56. The zero-order chi connectivity index (χ0) is 12.3. The molecule has 0 spiro atoms. The Bertz CT molecular complexity index is 359. The maximum Gasteiger partial charge on any atom is 0.0965 e. The van der Waals surface area contributed by atoms with Crippen LogP contribution in [0.1, 0.15) is 57.6 Å². The van der Waals surface area contributed by atoms with Gasteiger partial charge in [0.25, 0.3) is 0 Å². The van der Waals surface area contributed by atoms with E-state index in [0.29, 0.717) is 17.7 Å². The second kappa shape index (κ2) is 5.15. The van der Waals surface area contributed by atoms with Gasteiger partial charge in [0.2, 0.25) is 0 Å². The molecule has 2 nitrogen and oxygen atoms in total. The predicted molar refractivity (Wildman–Crippen MR) is 71.6 cm³/mol. The topological polar surface area (TPSA) is 38.4 Å². The van der Waals surface area contributed by atoms with Crippen LogP contribution in [0.5, 0.6) is 0 Å². The molecule has 0 bridgehead atoms. The van der Waals surface area contributed by atoms with Gasteiger partial charge in [-0.15, -0.1) is 0 Å². The highest BCUT2D eigenvalue weighted by molar-refractivity contribution is 5.82. The molecule has 0 atom stereocenters. The minimum Gasteiger partial charge on any atom is -0.387 e. The molecule has 1 aromatic rings. The van der Waals surface area contributed by atoms with Crippen molar-refractivity contribution in [3.63, 3.8) is 0 Å². The molecule has 88 valence electrons. The van der Waals surface area contributed by atoms with Crippen molar-refractivity contribution in [1.29, 1.82) is 0 Å². The number of nitrogens with zero attached hydrogens (tertiary/aromatic N) is 1. The van der Waals surface area contributed by atoms with Crippen molar-refractivity contribution in [3.05, 3.63) is 29.3 Å². The molecule has 0 saturated heterocycles. The highest BCUT2D eigenvalue weighted by Crippen LogP contribution is 2.34. The maximum absolute atomic E-state index is 5.71. The van der Waals surface area contributed by atoms with Crippen LogP contribution in [0.2, 0.25) is 0 Å². The quantitative estimate of drug-likeness (QED) is 0.605. The van der Waals surface area contributed by atoms with Gasteiger partial charge in [-0.25, -0.2) is 4.99 Å². The van der Waals surface area contributed by atoms with Crippen LogP contribution in [0, 0.1) is 0 Å². The molecule has 2 heteroatoms. The first-order valence-corrected chi connectivity index (χ1v) is 5.87. The lowest BCUT2D eigenvalue weighted by Gasteiger charge is -2.16. The molecule has 0 radical (unpaired) electrons. The van der Waals surface area contributed by atoms with Crippen LogP contribution < -0.4 is 5.73 Å². The summed E-state index contributed by atoms with van der Waals surface area (Å²) >= 11 is 0. The molecule has 0 amide bonds. The van der Waals surface area contributed by atoms with Gasteiger partial charge in [-0.2, -0.15) is 0 Å². The fourth-order valence-corrected chi connectivity index (χ4v) is 1.82. The fourth-order valence-electron chi connectivity index (χ4n) is 1.82. The summed E-state index contributed by atoms with van der Waals surface area (Å²) in [5, 5.41) is 0. The highest BCUT2D eigenvalue weighted by atomic mass is 14.9. The van der Waals surface area contributed by atoms with E-state index >= 15 is 0 Å². The van der Waals surface area contributed by atoms with Crippen LogP contribution in [-0.2, 0) is 0 Å². The van der Waals surface area contributed by atoms with Crippen LogP contribution in [0.3, 0.4) is 0 Å². The first kappa shape index (κ1) is 12.8. The standard InChI is InChI=1S/C14H22N2/c1-9(2)12-7-6-8-13(10(3)4)14(12)16-11(5)15/h6-10H,1-5H3,(H2,15,16). The van der Waals surface area contributed by atoms with Crippen molar-refractivity contribution in [1.82, 2.24) is 0 Å². The van der Waals surface area contributed by atoms with Crippen molar-refractivity contribution in [2.24, 2.45) is 10.7 Å². The average molecular weight is 218 g/mol. The Morgan fingerprint density at radius 1 is 1.06 bits per heavy atom. The van der Waals surface area contributed by atoms with Gasteiger partial charge in [-0.05, 0) is 29.9 Å². The Morgan fingerprint density at radius 3 is 1.81 bits per heavy atom. The maximum atomic E-state index is 5.71. The highest BCUT2D eigenvalue weighted by Gasteiger charge is 2.12. The zero-order valence-electron chi connectivity index (χ0n) is 10.9. The summed E-state index contributed by atoms with van der Waals surface area (Å²) in [4.78, 5) is 4.50. The van der Waals surface area contributed by atoms with Gasteiger partial charge in [0.1, 0.15) is 0 Å². The largest absolute Gasteiger partial charge is 0.387 e. The minimum atomic E-state index is 0.469. The van der Waals surface area contributed by atoms with E-state index in [1.54, 1.807) is 0 Å². The molecule has 1 aromatic carbocycles. The van der Waals surface area contributed by atoms with E-state index in [9.17, 15) is 0 Å². The van der Waals surface area contributed by atoms with Gasteiger partial charge in [-0.3, -0.25) is 0 Å². The summed E-state index contributed by atoms with van der Waals surface area (Å²) in [6.45, 7) is 10.6. The van der Waals surface area contributed by atoms with Crippen molar-refractivity contribution in [3.8, 4) is 0 Å². The van der Waals surface area contributed by atoms with Crippen LogP contribution in [0.25, 0.3) is 0 Å². The van der Waals surface area contributed by atoms with E-state index in [-0.39, 0.29) is 0 Å². The Labute approximate surface area is 98.6 Å². The summed E-state index contributed by atoms with van der Waals surface area (Å²) < 4.78 is 0. The van der Waals surface area contributed by atoms with Gasteiger partial charge in [0, 0.05) is 0 Å². The van der Waals surface area contributed by atoms with E-state index in [1.807, 2.05) is 6.92 Å². The zero-order valence-corrected chi connectivity index (χ0v) is 10.9. The van der Waals surface area contributed by atoms with Gasteiger partial charge in [0.05, 0.1) is 11.5 Å². The molecule has 1 rings (SSSR count). The van der Waals surface area contributed by atoms with Crippen LogP contribution in [0.15, 0.2) is 23.2 Å². The third-order valence-electron chi connectivity index (χ3n) is 2.63. The predicted octanol–water partition coefficient (Wildman–Crippen LogP) is 3.94. The lowest BCUT2D eigenvalue weighted by molar-refractivity contribution is 0.834. The molecular formula is C14H22N2. The number of hydrogen-bond donors (Lipinski definition) is 1. The second-order valence-corrected chi connectivity index (χ2v) is 4.85. The Balaban J connectivity index is 3.41. The van der Waals surface area contributed by atoms with Gasteiger partial charge in [-0.1, -0.05) is 45.9 Å². The molecular weight excluding hydrogens is 196 g/mol. The van der Waals surface area contributed by atoms with Gasteiger partial charge < -0.3 is 5.73 Å². The molecule has 0 unspecified atom stereocenters. The first-order chi connectivity index (χ1) is 7.43. The smallest absolute Gasteiger partial charge is 0.0965 e. The van der Waals surface area contributed by atoms with Crippen molar-refractivity contribution >= 4 is 11.5 Å². The summed E-state index contributed by atoms with van der Waals surface area (Å²) in [7, 11) is 0. The van der Waals surface area contributed by atoms with E-state index in [1.165, 1.54) is 11.1 Å². The Hall–Kier alpha value is -1.31. The number of rotatable bonds is 3. The molecule has 0 aliphatic carbocycles. The Kier molecular flexibility index (Phi) is 4.11. The van der Waals surface area contributed by atoms with Crippen molar-refractivity contribution in [2.75, 3.05) is 0 Å². The number of para-hydroxylation sites is 1. The van der Waals surface area contributed by atoms with E-state index in [0.717, 1.165) is 5.69 Å². The van der Waals surface area contributed by atoms with E-state index in [2.05, 4.69) is 50.9 Å². The number of aliphatic imine (C=N–C) groups is 1. The second-order valence-electron chi connectivity index (χ2n) is 4.85. The minimum absolute atomic E-state index is 0.469. The third-order valence-corrected chi connectivity index (χ3v) is 2.63. The van der Waals surface area contributed by atoms with Crippen molar-refractivity contribution < 1.29 is 0 Å². The van der Waals surface area contributed by atoms with Crippen LogP contribution in [-0.4, -0.2) is 5.84 Å². The summed E-state index contributed by atoms with van der Waals surface area (Å²) in [6, 6.07) is 6.38. The number of nitrogens with two attached hydrogens (primary N) is 1. The average Bonchev–Trinajstić information content (AvgIpc) is 2.16. The van der Waals surface area contributed by atoms with Crippen LogP contribution in [0.4, 0.5) is 5.69 Å². The molecule has 0 aliphatic heterocycles. The number of amidine groups is 1. The van der Waals surface area contributed by atoms with Crippen LogP contribution >= 0.6 is 0 Å². The number of hydrogen-bond acceptors (Lipinski definition) is 1. The summed E-state index contributed by atoms with van der Waals surface area (Å²) in [5.41, 5.74) is 9.32.